The van der Waals surface area contributed by atoms with Gasteiger partial charge in [0.1, 0.15) is 5.82 Å². The van der Waals surface area contributed by atoms with E-state index in [4.69, 9.17) is 5.73 Å². The van der Waals surface area contributed by atoms with Crippen LogP contribution in [-0.2, 0) is 0 Å². The number of primary amides is 1. The van der Waals surface area contributed by atoms with Gasteiger partial charge in [-0.2, -0.15) is 4.98 Å². The number of carbonyl (C=O) groups is 1. The molecule has 0 aromatic carbocycles. The third-order valence-electron chi connectivity index (χ3n) is 4.91. The Morgan fingerprint density at radius 2 is 2.08 bits per heavy atom. The van der Waals surface area contributed by atoms with Crippen molar-refractivity contribution in [2.45, 2.75) is 65.1 Å². The van der Waals surface area contributed by atoms with Gasteiger partial charge in [-0.05, 0) is 38.0 Å². The van der Waals surface area contributed by atoms with E-state index in [1.165, 1.54) is 6.20 Å². The van der Waals surface area contributed by atoms with E-state index >= 15 is 0 Å². The summed E-state index contributed by atoms with van der Waals surface area (Å²) in [6, 6.07) is 0.272. The molecule has 1 amide bonds. The van der Waals surface area contributed by atoms with Crippen LogP contribution >= 0.6 is 0 Å². The fourth-order valence-corrected chi connectivity index (χ4v) is 2.73. The molecule has 0 aliphatic heterocycles. The van der Waals surface area contributed by atoms with Crippen LogP contribution in [0.25, 0.3) is 0 Å². The van der Waals surface area contributed by atoms with Crippen LogP contribution in [0.5, 0.6) is 0 Å². The summed E-state index contributed by atoms with van der Waals surface area (Å²) in [6.07, 6.45) is 3.61. The van der Waals surface area contributed by atoms with E-state index in [-0.39, 0.29) is 23.8 Å². The monoisotopic (exact) mass is 335 g/mol. The van der Waals surface area contributed by atoms with E-state index in [1.54, 1.807) is 0 Å². The highest BCUT2D eigenvalue weighted by molar-refractivity contribution is 5.97. The van der Waals surface area contributed by atoms with Crippen molar-refractivity contribution in [2.24, 2.45) is 17.6 Å². The highest BCUT2D eigenvalue weighted by Gasteiger charge is 2.27. The Morgan fingerprint density at radius 3 is 2.67 bits per heavy atom. The highest BCUT2D eigenvalue weighted by atomic mass is 16.3. The van der Waals surface area contributed by atoms with Gasteiger partial charge in [-0.15, -0.1) is 0 Å². The van der Waals surface area contributed by atoms with Crippen molar-refractivity contribution in [2.75, 3.05) is 10.6 Å². The summed E-state index contributed by atoms with van der Waals surface area (Å²) in [5.74, 6) is 1.06. The predicted octanol–water partition coefficient (Wildman–Crippen LogP) is 1.99. The van der Waals surface area contributed by atoms with E-state index in [9.17, 15) is 9.90 Å². The number of carbonyl (C=O) groups excluding carboxylic acids is 1. The molecule has 4 atom stereocenters. The van der Waals surface area contributed by atoms with Crippen molar-refractivity contribution in [3.63, 3.8) is 0 Å². The maximum absolute atomic E-state index is 11.7. The topological polar surface area (TPSA) is 113 Å². The third kappa shape index (κ3) is 4.56. The van der Waals surface area contributed by atoms with E-state index < -0.39 is 5.91 Å². The van der Waals surface area contributed by atoms with Crippen molar-refractivity contribution in [3.05, 3.63) is 11.8 Å². The third-order valence-corrected chi connectivity index (χ3v) is 4.91. The number of nitrogens with one attached hydrogen (secondary N) is 2. The van der Waals surface area contributed by atoms with E-state index in [1.807, 2.05) is 0 Å². The number of hydrogen-bond donors (Lipinski definition) is 4. The van der Waals surface area contributed by atoms with Crippen LogP contribution in [0, 0.1) is 11.8 Å². The average molecular weight is 335 g/mol. The SMILES string of the molecule is CC(C)[C@H](C)Nc1ncc(C(N)=O)c(NC2CC[C@@H](C)[C@H](O)C2)n1. The van der Waals surface area contributed by atoms with Crippen LogP contribution in [0.4, 0.5) is 11.8 Å². The maximum Gasteiger partial charge on any atom is 0.254 e. The van der Waals surface area contributed by atoms with Crippen LogP contribution in [0.3, 0.4) is 0 Å². The lowest BCUT2D eigenvalue weighted by Crippen LogP contribution is -2.35. The summed E-state index contributed by atoms with van der Waals surface area (Å²) in [5, 5.41) is 16.6. The molecule has 1 aliphatic carbocycles. The molecule has 1 heterocycles. The second kappa shape index (κ2) is 7.79. The smallest absolute Gasteiger partial charge is 0.254 e. The van der Waals surface area contributed by atoms with E-state index in [2.05, 4.69) is 48.3 Å². The Bertz CT molecular complexity index is 578. The van der Waals surface area contributed by atoms with Gasteiger partial charge in [-0.3, -0.25) is 4.79 Å². The van der Waals surface area contributed by atoms with Crippen molar-refractivity contribution in [1.82, 2.24) is 9.97 Å². The molecule has 7 heteroatoms. The zero-order chi connectivity index (χ0) is 17.9. The summed E-state index contributed by atoms with van der Waals surface area (Å²) >= 11 is 0. The first-order valence-corrected chi connectivity index (χ1v) is 8.66. The van der Waals surface area contributed by atoms with Crippen LogP contribution < -0.4 is 16.4 Å². The normalized spacial score (nSPS) is 25.3. The largest absolute Gasteiger partial charge is 0.393 e. The Morgan fingerprint density at radius 1 is 1.38 bits per heavy atom. The molecular weight excluding hydrogens is 306 g/mol. The van der Waals surface area contributed by atoms with Crippen LogP contribution in [0.15, 0.2) is 6.20 Å². The van der Waals surface area contributed by atoms with Crippen molar-refractivity contribution in [1.29, 1.82) is 0 Å². The molecule has 5 N–H and O–H groups in total. The zero-order valence-corrected chi connectivity index (χ0v) is 14.9. The lowest BCUT2D eigenvalue weighted by Gasteiger charge is -2.32. The summed E-state index contributed by atoms with van der Waals surface area (Å²) in [6.45, 7) is 8.33. The van der Waals surface area contributed by atoms with E-state index in [0.717, 1.165) is 12.8 Å². The zero-order valence-electron chi connectivity index (χ0n) is 14.9. The van der Waals surface area contributed by atoms with Crippen molar-refractivity contribution >= 4 is 17.7 Å². The summed E-state index contributed by atoms with van der Waals surface area (Å²) in [4.78, 5) is 20.3. The minimum Gasteiger partial charge on any atom is -0.393 e. The molecule has 1 unspecified atom stereocenters. The first-order valence-electron chi connectivity index (χ1n) is 8.66. The molecule has 134 valence electrons. The Balaban J connectivity index is 2.17. The van der Waals surface area contributed by atoms with Crippen LogP contribution in [-0.4, -0.2) is 39.2 Å². The number of aromatic nitrogens is 2. The number of aliphatic hydroxyl groups excluding tert-OH is 1. The van der Waals surface area contributed by atoms with Gasteiger partial charge in [0.25, 0.3) is 5.91 Å². The summed E-state index contributed by atoms with van der Waals surface area (Å²) < 4.78 is 0. The van der Waals surface area contributed by atoms with Gasteiger partial charge in [0, 0.05) is 18.3 Å². The van der Waals surface area contributed by atoms with Crippen molar-refractivity contribution < 1.29 is 9.90 Å². The van der Waals surface area contributed by atoms with Gasteiger partial charge < -0.3 is 21.5 Å². The molecular formula is C17H29N5O2. The molecule has 0 spiro atoms. The molecule has 1 fully saturated rings. The first-order chi connectivity index (χ1) is 11.3. The summed E-state index contributed by atoms with van der Waals surface area (Å²) in [5.41, 5.74) is 5.71. The standard InChI is InChI=1S/C17H29N5O2/c1-9(2)11(4)20-17-19-8-13(15(18)24)16(22-17)21-12-6-5-10(3)14(23)7-12/h8-12,14,23H,5-7H2,1-4H3,(H2,18,24)(H2,19,20,21,22)/t10-,11+,12?,14-/m1/s1. The molecule has 1 aliphatic rings. The Hall–Kier alpha value is -1.89. The molecule has 1 aromatic heterocycles. The van der Waals surface area contributed by atoms with Gasteiger partial charge >= 0.3 is 0 Å². The van der Waals surface area contributed by atoms with Gasteiger partial charge in [0.15, 0.2) is 0 Å². The molecule has 0 saturated heterocycles. The number of amides is 1. The second-order valence-electron chi connectivity index (χ2n) is 7.20. The molecule has 1 aromatic rings. The predicted molar refractivity (Wildman–Crippen MR) is 94.9 cm³/mol. The van der Waals surface area contributed by atoms with Gasteiger partial charge in [-0.1, -0.05) is 20.8 Å². The minimum absolute atomic E-state index is 0.0690. The number of aliphatic hydroxyl groups is 1. The lowest BCUT2D eigenvalue weighted by atomic mass is 9.85. The Kier molecular flexibility index (Phi) is 5.99. The Labute approximate surface area is 143 Å². The highest BCUT2D eigenvalue weighted by Crippen LogP contribution is 2.27. The summed E-state index contributed by atoms with van der Waals surface area (Å²) in [7, 11) is 0. The number of hydrogen-bond acceptors (Lipinski definition) is 6. The molecule has 24 heavy (non-hydrogen) atoms. The molecule has 0 radical (unpaired) electrons. The number of nitrogens with zero attached hydrogens (tertiary/aromatic N) is 2. The fourth-order valence-electron chi connectivity index (χ4n) is 2.73. The fraction of sp³-hybridized carbons (Fsp3) is 0.706. The number of rotatable bonds is 6. The average Bonchev–Trinajstić information content (AvgIpc) is 2.50. The second-order valence-corrected chi connectivity index (χ2v) is 7.20. The van der Waals surface area contributed by atoms with Crippen molar-refractivity contribution in [3.8, 4) is 0 Å². The van der Waals surface area contributed by atoms with Gasteiger partial charge in [-0.25, -0.2) is 4.98 Å². The van der Waals surface area contributed by atoms with Crippen LogP contribution in [0.1, 0.15) is 57.3 Å². The molecule has 7 nitrogen and oxygen atoms in total. The minimum atomic E-state index is -0.564. The van der Waals surface area contributed by atoms with E-state index in [0.29, 0.717) is 30.0 Å². The molecule has 0 bridgehead atoms. The maximum atomic E-state index is 11.7. The lowest BCUT2D eigenvalue weighted by molar-refractivity contribution is 0.0739. The number of nitrogens with two attached hydrogens (primary N) is 1. The first kappa shape index (κ1) is 18.4. The van der Waals surface area contributed by atoms with Crippen LogP contribution in [0.2, 0.25) is 0 Å². The quantitative estimate of drug-likeness (QED) is 0.632. The van der Waals surface area contributed by atoms with Gasteiger partial charge in [0.2, 0.25) is 5.95 Å². The molecule has 1 saturated carbocycles. The number of anilines is 2. The van der Waals surface area contributed by atoms with Gasteiger partial charge in [0.05, 0.1) is 11.7 Å². The molecule has 2 rings (SSSR count).